The molecule has 1 aromatic heterocycles. The minimum absolute atomic E-state index is 0.0940. The number of piperazine rings is 1. The minimum Gasteiger partial charge on any atom is -0.354 e. The van der Waals surface area contributed by atoms with Crippen LogP contribution in [0.4, 0.5) is 19.0 Å². The summed E-state index contributed by atoms with van der Waals surface area (Å²) in [5.74, 6) is 0.931. The molecular formula is C23H30F3N5OS. The fourth-order valence-corrected chi connectivity index (χ4v) is 4.19. The van der Waals surface area contributed by atoms with E-state index in [4.69, 9.17) is 0 Å². The Morgan fingerprint density at radius 2 is 1.79 bits per heavy atom. The average Bonchev–Trinajstić information content (AvgIpc) is 2.81. The van der Waals surface area contributed by atoms with E-state index in [-0.39, 0.29) is 11.1 Å². The molecule has 1 N–H and O–H groups in total. The van der Waals surface area contributed by atoms with Crippen LogP contribution in [0.25, 0.3) is 0 Å². The molecule has 0 aliphatic carbocycles. The number of aromatic nitrogens is 2. The minimum atomic E-state index is -4.54. The summed E-state index contributed by atoms with van der Waals surface area (Å²) < 4.78 is 40.4. The van der Waals surface area contributed by atoms with Crippen molar-refractivity contribution in [1.82, 2.24) is 20.2 Å². The van der Waals surface area contributed by atoms with Crippen LogP contribution in [0.1, 0.15) is 42.4 Å². The van der Waals surface area contributed by atoms with Gasteiger partial charge in [-0.05, 0) is 30.2 Å². The topological polar surface area (TPSA) is 61.4 Å². The van der Waals surface area contributed by atoms with Crippen molar-refractivity contribution in [2.24, 2.45) is 5.92 Å². The van der Waals surface area contributed by atoms with E-state index in [0.29, 0.717) is 42.7 Å². The maximum absolute atomic E-state index is 13.5. The van der Waals surface area contributed by atoms with Gasteiger partial charge in [0, 0.05) is 50.1 Å². The molecule has 10 heteroatoms. The Balaban J connectivity index is 1.69. The van der Waals surface area contributed by atoms with Crippen LogP contribution >= 0.6 is 11.8 Å². The maximum atomic E-state index is 13.5. The number of benzene rings is 1. The first kappa shape index (κ1) is 25.3. The lowest BCUT2D eigenvalue weighted by Gasteiger charge is -2.35. The molecule has 0 saturated carbocycles. The summed E-state index contributed by atoms with van der Waals surface area (Å²) in [6.07, 6.45) is -4.54. The van der Waals surface area contributed by atoms with Crippen molar-refractivity contribution in [1.29, 1.82) is 0 Å². The molecule has 0 radical (unpaired) electrons. The van der Waals surface area contributed by atoms with Gasteiger partial charge >= 0.3 is 6.18 Å². The highest BCUT2D eigenvalue weighted by Crippen LogP contribution is 2.32. The van der Waals surface area contributed by atoms with Gasteiger partial charge in [0.15, 0.2) is 10.9 Å². The number of hydrogen-bond donors (Lipinski definition) is 1. The fourth-order valence-electron chi connectivity index (χ4n) is 3.38. The Morgan fingerprint density at radius 3 is 2.36 bits per heavy atom. The Kier molecular flexibility index (Phi) is 8.58. The third kappa shape index (κ3) is 7.33. The number of likely N-dealkylation sites (N-methyl/N-ethyl adjacent to an activating group) is 1. The molecule has 1 aromatic carbocycles. The van der Waals surface area contributed by atoms with Gasteiger partial charge in [0.25, 0.3) is 5.91 Å². The Hall–Kier alpha value is -2.33. The lowest BCUT2D eigenvalue weighted by Crippen LogP contribution is -2.46. The molecule has 1 amide bonds. The number of hydrogen-bond acceptors (Lipinski definition) is 6. The number of alkyl halides is 3. The standard InChI is InChI=1S/C23H30F3N5OS/c1-4-30-9-11-31(12-10-30)20-13-19(23(24,25)26)28-22(29-20)33-15-17-5-7-18(8-6-17)21(32)27-14-16(2)3/h5-8,13,16H,4,9-12,14-15H2,1-3H3,(H,27,32). The number of nitrogens with zero attached hydrogens (tertiary/aromatic N) is 4. The third-order valence-corrected chi connectivity index (χ3v) is 6.30. The molecule has 0 unspecified atom stereocenters. The van der Waals surface area contributed by atoms with Gasteiger partial charge in [-0.1, -0.05) is 44.7 Å². The van der Waals surface area contributed by atoms with Gasteiger partial charge in [0.1, 0.15) is 5.82 Å². The molecular weight excluding hydrogens is 451 g/mol. The second-order valence-electron chi connectivity index (χ2n) is 8.40. The number of halogens is 3. The van der Waals surface area contributed by atoms with Crippen LogP contribution in [0, 0.1) is 5.92 Å². The van der Waals surface area contributed by atoms with E-state index in [9.17, 15) is 18.0 Å². The summed E-state index contributed by atoms with van der Waals surface area (Å²) in [4.78, 5) is 24.5. The van der Waals surface area contributed by atoms with Gasteiger partial charge in [0.05, 0.1) is 0 Å². The first-order chi connectivity index (χ1) is 15.7. The van der Waals surface area contributed by atoms with Gasteiger partial charge in [-0.3, -0.25) is 4.79 Å². The summed E-state index contributed by atoms with van der Waals surface area (Å²) in [5, 5.41) is 2.96. The van der Waals surface area contributed by atoms with Crippen molar-refractivity contribution in [2.45, 2.75) is 37.9 Å². The maximum Gasteiger partial charge on any atom is 0.433 e. The van der Waals surface area contributed by atoms with E-state index >= 15 is 0 Å². The monoisotopic (exact) mass is 481 g/mol. The quantitative estimate of drug-likeness (QED) is 0.448. The molecule has 0 atom stereocenters. The number of carbonyl (C=O) groups excluding carboxylic acids is 1. The molecule has 180 valence electrons. The predicted octanol–water partition coefficient (Wildman–Crippen LogP) is 4.32. The number of carbonyl (C=O) groups is 1. The van der Waals surface area contributed by atoms with Crippen LogP contribution in [0.5, 0.6) is 0 Å². The summed E-state index contributed by atoms with van der Waals surface area (Å²) in [5.41, 5.74) is 0.498. The highest BCUT2D eigenvalue weighted by Gasteiger charge is 2.34. The zero-order valence-electron chi connectivity index (χ0n) is 19.2. The molecule has 1 saturated heterocycles. The Morgan fingerprint density at radius 1 is 1.12 bits per heavy atom. The van der Waals surface area contributed by atoms with E-state index in [2.05, 4.69) is 27.1 Å². The van der Waals surface area contributed by atoms with Crippen LogP contribution < -0.4 is 10.2 Å². The molecule has 1 aliphatic rings. The van der Waals surface area contributed by atoms with Crippen LogP contribution in [-0.4, -0.2) is 60.0 Å². The SMILES string of the molecule is CCN1CCN(c2cc(C(F)(F)F)nc(SCc3ccc(C(=O)NCC(C)C)cc3)n2)CC1. The lowest BCUT2D eigenvalue weighted by molar-refractivity contribution is -0.141. The first-order valence-electron chi connectivity index (χ1n) is 11.1. The highest BCUT2D eigenvalue weighted by atomic mass is 32.2. The number of rotatable bonds is 8. The average molecular weight is 482 g/mol. The van der Waals surface area contributed by atoms with Crippen molar-refractivity contribution in [3.05, 3.63) is 47.2 Å². The molecule has 0 spiro atoms. The van der Waals surface area contributed by atoms with Crippen molar-refractivity contribution in [3.63, 3.8) is 0 Å². The van der Waals surface area contributed by atoms with Gasteiger partial charge in [-0.25, -0.2) is 9.97 Å². The van der Waals surface area contributed by atoms with Crippen molar-refractivity contribution >= 4 is 23.5 Å². The summed E-state index contributed by atoms with van der Waals surface area (Å²) in [6, 6.07) is 8.08. The van der Waals surface area contributed by atoms with E-state index in [1.54, 1.807) is 24.3 Å². The molecule has 0 bridgehead atoms. The predicted molar refractivity (Wildman–Crippen MR) is 125 cm³/mol. The van der Waals surface area contributed by atoms with Gasteiger partial charge in [-0.2, -0.15) is 13.2 Å². The largest absolute Gasteiger partial charge is 0.433 e. The number of thioether (sulfide) groups is 1. The second kappa shape index (κ2) is 11.2. The van der Waals surface area contributed by atoms with Crippen LogP contribution in [0.15, 0.2) is 35.5 Å². The summed E-state index contributed by atoms with van der Waals surface area (Å²) >= 11 is 1.16. The van der Waals surface area contributed by atoms with E-state index in [1.807, 2.05) is 18.7 Å². The van der Waals surface area contributed by atoms with E-state index < -0.39 is 11.9 Å². The highest BCUT2D eigenvalue weighted by molar-refractivity contribution is 7.98. The second-order valence-corrected chi connectivity index (χ2v) is 9.34. The normalized spacial score (nSPS) is 15.2. The molecule has 1 fully saturated rings. The molecule has 2 aromatic rings. The Labute approximate surface area is 197 Å². The molecule has 33 heavy (non-hydrogen) atoms. The van der Waals surface area contributed by atoms with Gasteiger partial charge < -0.3 is 15.1 Å². The number of anilines is 1. The Bertz CT molecular complexity index is 929. The van der Waals surface area contributed by atoms with Crippen molar-refractivity contribution in [3.8, 4) is 0 Å². The van der Waals surface area contributed by atoms with Gasteiger partial charge in [-0.15, -0.1) is 0 Å². The summed E-state index contributed by atoms with van der Waals surface area (Å²) in [6.45, 7) is 10.5. The smallest absolute Gasteiger partial charge is 0.354 e. The lowest BCUT2D eigenvalue weighted by atomic mass is 10.1. The zero-order chi connectivity index (χ0) is 24.0. The zero-order valence-corrected chi connectivity index (χ0v) is 20.0. The number of nitrogens with one attached hydrogen (secondary N) is 1. The van der Waals surface area contributed by atoms with Crippen LogP contribution in [0.2, 0.25) is 0 Å². The third-order valence-electron chi connectivity index (χ3n) is 5.38. The summed E-state index contributed by atoms with van der Waals surface area (Å²) in [7, 11) is 0. The van der Waals surface area contributed by atoms with Gasteiger partial charge in [0.2, 0.25) is 0 Å². The molecule has 1 aliphatic heterocycles. The van der Waals surface area contributed by atoms with E-state index in [0.717, 1.165) is 43.0 Å². The van der Waals surface area contributed by atoms with Crippen molar-refractivity contribution < 1.29 is 18.0 Å². The molecule has 3 rings (SSSR count). The van der Waals surface area contributed by atoms with Crippen LogP contribution in [0.3, 0.4) is 0 Å². The van der Waals surface area contributed by atoms with Crippen molar-refractivity contribution in [2.75, 3.05) is 44.2 Å². The first-order valence-corrected chi connectivity index (χ1v) is 12.1. The van der Waals surface area contributed by atoms with Crippen LogP contribution in [-0.2, 0) is 11.9 Å². The fraction of sp³-hybridized carbons (Fsp3) is 0.522. The molecule has 2 heterocycles. The number of amides is 1. The van der Waals surface area contributed by atoms with E-state index in [1.165, 1.54) is 0 Å². The molecule has 6 nitrogen and oxygen atoms in total.